The van der Waals surface area contributed by atoms with Gasteiger partial charge < -0.3 is 5.43 Å². The summed E-state index contributed by atoms with van der Waals surface area (Å²) in [5.74, 6) is 1.59. The average molecular weight is 138 g/mol. The van der Waals surface area contributed by atoms with Crippen LogP contribution in [0.1, 0.15) is 25.1 Å². The fourth-order valence-corrected chi connectivity index (χ4v) is 1.23. The minimum atomic E-state index is 0.545. The van der Waals surface area contributed by atoms with E-state index in [4.69, 9.17) is 0 Å². The smallest absolute Gasteiger partial charge is 0.154 e. The molecule has 1 aromatic heterocycles. The summed E-state index contributed by atoms with van der Waals surface area (Å²) in [6.45, 7) is 3.19. The van der Waals surface area contributed by atoms with Gasteiger partial charge in [0.05, 0.1) is 0 Å². The van der Waals surface area contributed by atoms with E-state index in [0.717, 1.165) is 18.8 Å². The Bertz CT molecular complexity index is 229. The van der Waals surface area contributed by atoms with Crippen LogP contribution in [-0.2, 0) is 0 Å². The van der Waals surface area contributed by atoms with Crippen LogP contribution in [0.4, 0.5) is 0 Å². The summed E-state index contributed by atoms with van der Waals surface area (Å²) in [5.41, 5.74) is 3.16. The molecule has 0 fully saturated rings. The molecule has 0 bridgehead atoms. The molecule has 0 saturated heterocycles. The lowest BCUT2D eigenvalue weighted by Gasteiger charge is -2.19. The van der Waals surface area contributed by atoms with Gasteiger partial charge in [-0.1, -0.05) is 6.92 Å². The molecule has 4 nitrogen and oxygen atoms in total. The van der Waals surface area contributed by atoms with Crippen molar-refractivity contribution in [1.82, 2.24) is 14.9 Å². The third kappa shape index (κ3) is 0.683. The average Bonchev–Trinajstić information content (AvgIpc) is 2.36. The van der Waals surface area contributed by atoms with E-state index in [9.17, 15) is 0 Å². The maximum Gasteiger partial charge on any atom is 0.154 e. The summed E-state index contributed by atoms with van der Waals surface area (Å²) < 4.78 is 1.90. The van der Waals surface area contributed by atoms with E-state index in [1.165, 1.54) is 0 Å². The van der Waals surface area contributed by atoms with Gasteiger partial charge in [0.1, 0.15) is 6.33 Å². The lowest BCUT2D eigenvalue weighted by molar-refractivity contribution is 0.558. The molecular formula is C6H10N4. The number of hydrogen-bond donors (Lipinski definition) is 1. The summed E-state index contributed by atoms with van der Waals surface area (Å²) in [7, 11) is 0. The first-order chi connectivity index (χ1) is 4.88. The van der Waals surface area contributed by atoms with E-state index in [0.29, 0.717) is 5.92 Å². The van der Waals surface area contributed by atoms with Crippen LogP contribution in [0.15, 0.2) is 6.33 Å². The molecule has 1 aliphatic heterocycles. The molecule has 54 valence electrons. The quantitative estimate of drug-likeness (QED) is 0.561. The van der Waals surface area contributed by atoms with Crippen molar-refractivity contribution >= 4 is 0 Å². The van der Waals surface area contributed by atoms with E-state index in [-0.39, 0.29) is 0 Å². The van der Waals surface area contributed by atoms with Gasteiger partial charge in [-0.15, -0.1) is 10.2 Å². The Morgan fingerprint density at radius 3 is 3.50 bits per heavy atom. The Morgan fingerprint density at radius 2 is 2.70 bits per heavy atom. The molecule has 1 aliphatic rings. The van der Waals surface area contributed by atoms with Gasteiger partial charge in [0.25, 0.3) is 0 Å². The Balaban J connectivity index is 2.41. The topological polar surface area (TPSA) is 42.7 Å². The van der Waals surface area contributed by atoms with Gasteiger partial charge in [0.15, 0.2) is 5.82 Å². The summed E-state index contributed by atoms with van der Waals surface area (Å²) in [6.07, 6.45) is 2.86. The highest BCUT2D eigenvalue weighted by atomic mass is 15.5. The Kier molecular flexibility index (Phi) is 1.12. The van der Waals surface area contributed by atoms with Gasteiger partial charge in [-0.3, -0.25) is 0 Å². The van der Waals surface area contributed by atoms with Crippen LogP contribution < -0.4 is 5.43 Å². The number of nitrogens with one attached hydrogen (secondary N) is 1. The summed E-state index contributed by atoms with van der Waals surface area (Å²) >= 11 is 0. The van der Waals surface area contributed by atoms with Gasteiger partial charge in [0.2, 0.25) is 0 Å². The molecule has 1 unspecified atom stereocenters. The monoisotopic (exact) mass is 138 g/mol. The van der Waals surface area contributed by atoms with Crippen molar-refractivity contribution in [2.24, 2.45) is 0 Å². The van der Waals surface area contributed by atoms with E-state index >= 15 is 0 Å². The van der Waals surface area contributed by atoms with Crippen molar-refractivity contribution in [2.45, 2.75) is 19.3 Å². The van der Waals surface area contributed by atoms with Crippen LogP contribution in [0, 0.1) is 0 Å². The minimum Gasteiger partial charge on any atom is -0.323 e. The molecule has 10 heavy (non-hydrogen) atoms. The van der Waals surface area contributed by atoms with Gasteiger partial charge in [0, 0.05) is 12.5 Å². The SMILES string of the molecule is CC1CCNn2cnnc21. The molecule has 0 aliphatic carbocycles. The fraction of sp³-hybridized carbons (Fsp3) is 0.667. The Labute approximate surface area is 59.2 Å². The largest absolute Gasteiger partial charge is 0.323 e. The van der Waals surface area contributed by atoms with Gasteiger partial charge in [-0.25, -0.2) is 4.68 Å². The maximum atomic E-state index is 3.99. The van der Waals surface area contributed by atoms with Crippen molar-refractivity contribution in [2.75, 3.05) is 12.0 Å². The number of fused-ring (bicyclic) bond motifs is 1. The highest BCUT2D eigenvalue weighted by Gasteiger charge is 2.16. The van der Waals surface area contributed by atoms with E-state index in [1.54, 1.807) is 6.33 Å². The molecule has 4 heteroatoms. The lowest BCUT2D eigenvalue weighted by atomic mass is 10.1. The number of nitrogens with zero attached hydrogens (tertiary/aromatic N) is 3. The first-order valence-electron chi connectivity index (χ1n) is 3.52. The second-order valence-corrected chi connectivity index (χ2v) is 2.66. The summed E-state index contributed by atoms with van der Waals surface area (Å²) in [5, 5.41) is 7.79. The Morgan fingerprint density at radius 1 is 1.80 bits per heavy atom. The normalized spacial score (nSPS) is 23.5. The third-order valence-electron chi connectivity index (χ3n) is 1.87. The maximum absolute atomic E-state index is 3.99. The summed E-state index contributed by atoms with van der Waals surface area (Å²) in [6, 6.07) is 0. The standard InChI is InChI=1S/C6H10N4/c1-5-2-3-8-10-4-7-9-6(5)10/h4-5,8H,2-3H2,1H3. The predicted molar refractivity (Wildman–Crippen MR) is 37.3 cm³/mol. The molecule has 0 radical (unpaired) electrons. The van der Waals surface area contributed by atoms with Crippen LogP contribution in [0.25, 0.3) is 0 Å². The Hall–Kier alpha value is -1.06. The first kappa shape index (κ1) is 5.70. The zero-order chi connectivity index (χ0) is 6.97. The van der Waals surface area contributed by atoms with Crippen LogP contribution in [0.2, 0.25) is 0 Å². The second kappa shape index (κ2) is 1.97. The van der Waals surface area contributed by atoms with Gasteiger partial charge in [-0.05, 0) is 6.42 Å². The van der Waals surface area contributed by atoms with E-state index in [2.05, 4.69) is 22.5 Å². The molecule has 0 saturated carbocycles. The number of aromatic nitrogens is 3. The van der Waals surface area contributed by atoms with Crippen molar-refractivity contribution in [1.29, 1.82) is 0 Å². The number of hydrogen-bond acceptors (Lipinski definition) is 3. The van der Waals surface area contributed by atoms with Crippen molar-refractivity contribution < 1.29 is 0 Å². The van der Waals surface area contributed by atoms with E-state index in [1.807, 2.05) is 4.68 Å². The summed E-state index contributed by atoms with van der Waals surface area (Å²) in [4.78, 5) is 0. The molecular weight excluding hydrogens is 128 g/mol. The van der Waals surface area contributed by atoms with Crippen molar-refractivity contribution in [3.8, 4) is 0 Å². The highest BCUT2D eigenvalue weighted by molar-refractivity contribution is 5.01. The zero-order valence-electron chi connectivity index (χ0n) is 5.91. The van der Waals surface area contributed by atoms with Gasteiger partial charge in [-0.2, -0.15) is 0 Å². The molecule has 0 spiro atoms. The highest BCUT2D eigenvalue weighted by Crippen LogP contribution is 2.17. The molecule has 0 aromatic carbocycles. The zero-order valence-corrected chi connectivity index (χ0v) is 5.91. The molecule has 1 atom stereocenters. The number of rotatable bonds is 0. The lowest BCUT2D eigenvalue weighted by Crippen LogP contribution is -2.25. The molecule has 1 aromatic rings. The van der Waals surface area contributed by atoms with Crippen LogP contribution >= 0.6 is 0 Å². The van der Waals surface area contributed by atoms with Crippen molar-refractivity contribution in [3.63, 3.8) is 0 Å². The first-order valence-corrected chi connectivity index (χ1v) is 3.52. The van der Waals surface area contributed by atoms with Crippen LogP contribution in [0.3, 0.4) is 0 Å². The molecule has 2 rings (SSSR count). The van der Waals surface area contributed by atoms with Crippen LogP contribution in [0.5, 0.6) is 0 Å². The molecule has 2 heterocycles. The fourth-order valence-electron chi connectivity index (χ4n) is 1.23. The minimum absolute atomic E-state index is 0.545. The second-order valence-electron chi connectivity index (χ2n) is 2.66. The molecule has 1 N–H and O–H groups in total. The van der Waals surface area contributed by atoms with Crippen LogP contribution in [-0.4, -0.2) is 21.4 Å². The van der Waals surface area contributed by atoms with Gasteiger partial charge >= 0.3 is 0 Å². The third-order valence-corrected chi connectivity index (χ3v) is 1.87. The molecule has 0 amide bonds. The van der Waals surface area contributed by atoms with E-state index < -0.39 is 0 Å². The predicted octanol–water partition coefficient (Wildman–Crippen LogP) is 0.329. The van der Waals surface area contributed by atoms with Crippen molar-refractivity contribution in [3.05, 3.63) is 12.2 Å².